The van der Waals surface area contributed by atoms with Gasteiger partial charge in [-0.2, -0.15) is 0 Å². The molecule has 112 valence electrons. The number of hydrogen-bond donors (Lipinski definition) is 1. The molecule has 0 aromatic heterocycles. The number of anilines is 1. The highest BCUT2D eigenvalue weighted by Crippen LogP contribution is 2.41. The number of fused-ring (bicyclic) bond motifs is 1. The maximum absolute atomic E-state index is 11.7. The predicted octanol–water partition coefficient (Wildman–Crippen LogP) is 1.93. The summed E-state index contributed by atoms with van der Waals surface area (Å²) in [4.78, 5) is 23.8. The van der Waals surface area contributed by atoms with Crippen molar-refractivity contribution in [2.24, 2.45) is 0 Å². The first-order valence-corrected chi connectivity index (χ1v) is 6.64. The maximum Gasteiger partial charge on any atom is 0.328 e. The zero-order valence-corrected chi connectivity index (χ0v) is 12.0. The van der Waals surface area contributed by atoms with Crippen LogP contribution in [0.1, 0.15) is 18.9 Å². The van der Waals surface area contributed by atoms with Crippen LogP contribution in [0.15, 0.2) is 18.2 Å². The van der Waals surface area contributed by atoms with Crippen molar-refractivity contribution in [1.82, 2.24) is 0 Å². The number of nitrogens with zero attached hydrogens (tertiary/aromatic N) is 1. The quantitative estimate of drug-likeness (QED) is 0.839. The van der Waals surface area contributed by atoms with Crippen molar-refractivity contribution in [2.45, 2.75) is 13.3 Å². The molecule has 1 N–H and O–H groups in total. The highest BCUT2D eigenvalue weighted by Gasteiger charge is 2.26. The Bertz CT molecular complexity index is 594. The number of carboxylic acids is 1. The van der Waals surface area contributed by atoms with Crippen molar-refractivity contribution >= 4 is 23.6 Å². The molecule has 1 amide bonds. The van der Waals surface area contributed by atoms with Crippen molar-refractivity contribution in [2.75, 3.05) is 25.2 Å². The lowest BCUT2D eigenvalue weighted by molar-refractivity contribution is -0.131. The van der Waals surface area contributed by atoms with Gasteiger partial charge in [0.1, 0.15) is 0 Å². The van der Waals surface area contributed by atoms with Gasteiger partial charge in [-0.25, -0.2) is 4.79 Å². The molecule has 21 heavy (non-hydrogen) atoms. The number of carbonyl (C=O) groups is 2. The molecule has 0 aliphatic carbocycles. The van der Waals surface area contributed by atoms with Gasteiger partial charge in [0.25, 0.3) is 5.91 Å². The second kappa shape index (κ2) is 6.30. The van der Waals surface area contributed by atoms with E-state index in [2.05, 4.69) is 0 Å². The van der Waals surface area contributed by atoms with Crippen LogP contribution in [0.3, 0.4) is 0 Å². The molecule has 0 spiro atoms. The van der Waals surface area contributed by atoms with Gasteiger partial charge in [0, 0.05) is 13.1 Å². The fraction of sp³-hybridized carbons (Fsp3) is 0.333. The monoisotopic (exact) mass is 291 g/mol. The molecule has 0 saturated carbocycles. The highest BCUT2D eigenvalue weighted by atomic mass is 16.5. The molecular weight excluding hydrogens is 274 g/mol. The van der Waals surface area contributed by atoms with E-state index < -0.39 is 5.97 Å². The largest absolute Gasteiger partial charge is 0.490 e. The predicted molar refractivity (Wildman–Crippen MR) is 77.8 cm³/mol. The van der Waals surface area contributed by atoms with E-state index in [9.17, 15) is 9.59 Å². The Morgan fingerprint density at radius 3 is 2.95 bits per heavy atom. The highest BCUT2D eigenvalue weighted by molar-refractivity contribution is 5.98. The van der Waals surface area contributed by atoms with Gasteiger partial charge in [-0.05, 0) is 30.2 Å². The van der Waals surface area contributed by atoms with Crippen molar-refractivity contribution < 1.29 is 24.2 Å². The Hall–Kier alpha value is -2.50. The van der Waals surface area contributed by atoms with Gasteiger partial charge in [0.2, 0.25) is 0 Å². The molecule has 1 aromatic rings. The second-order valence-electron chi connectivity index (χ2n) is 4.63. The summed E-state index contributed by atoms with van der Waals surface area (Å²) in [5.74, 6) is -0.176. The van der Waals surface area contributed by atoms with Crippen molar-refractivity contribution in [3.8, 4) is 11.5 Å². The number of hydrogen-bond acceptors (Lipinski definition) is 4. The Kier molecular flexibility index (Phi) is 4.47. The van der Waals surface area contributed by atoms with Crippen molar-refractivity contribution in [3.05, 3.63) is 23.8 Å². The number of carbonyl (C=O) groups excluding carboxylic acids is 1. The third kappa shape index (κ3) is 3.34. The van der Waals surface area contributed by atoms with Crippen molar-refractivity contribution in [1.29, 1.82) is 0 Å². The first kappa shape index (κ1) is 14.9. The fourth-order valence-corrected chi connectivity index (χ4v) is 1.95. The molecule has 0 bridgehead atoms. The SMILES string of the molecule is CCCOc1cc(/C=C/C(=O)O)cc2c1OCC(=O)N2C. The standard InChI is InChI=1S/C15H17NO5/c1-3-6-20-12-8-10(4-5-14(18)19)7-11-15(12)21-9-13(17)16(11)2/h4-5,7-8H,3,6,9H2,1-2H3,(H,18,19)/b5-4+. The van der Waals surface area contributed by atoms with Crippen LogP contribution >= 0.6 is 0 Å². The van der Waals surface area contributed by atoms with Crippen LogP contribution in [0.2, 0.25) is 0 Å². The van der Waals surface area contributed by atoms with E-state index in [1.165, 1.54) is 11.0 Å². The zero-order chi connectivity index (χ0) is 15.4. The molecule has 2 rings (SSSR count). The van der Waals surface area contributed by atoms with Crippen LogP contribution < -0.4 is 14.4 Å². The normalized spacial score (nSPS) is 14.0. The fourth-order valence-electron chi connectivity index (χ4n) is 1.95. The van der Waals surface area contributed by atoms with Crippen LogP contribution in [0.5, 0.6) is 11.5 Å². The van der Waals surface area contributed by atoms with Gasteiger partial charge >= 0.3 is 5.97 Å². The number of rotatable bonds is 5. The summed E-state index contributed by atoms with van der Waals surface area (Å²) in [7, 11) is 1.65. The number of likely N-dealkylation sites (N-methyl/N-ethyl adjacent to an activating group) is 1. The van der Waals surface area contributed by atoms with Crippen LogP contribution in [-0.4, -0.2) is 37.2 Å². The summed E-state index contributed by atoms with van der Waals surface area (Å²) in [5.41, 5.74) is 1.21. The van der Waals surface area contributed by atoms with Crippen LogP contribution in [0.4, 0.5) is 5.69 Å². The second-order valence-corrected chi connectivity index (χ2v) is 4.63. The van der Waals surface area contributed by atoms with Gasteiger partial charge in [-0.1, -0.05) is 6.92 Å². The molecule has 0 unspecified atom stereocenters. The lowest BCUT2D eigenvalue weighted by Gasteiger charge is -2.27. The topological polar surface area (TPSA) is 76.1 Å². The summed E-state index contributed by atoms with van der Waals surface area (Å²) >= 11 is 0. The first-order valence-electron chi connectivity index (χ1n) is 6.64. The first-order chi connectivity index (χ1) is 10.0. The van der Waals surface area contributed by atoms with Crippen molar-refractivity contribution in [3.63, 3.8) is 0 Å². The molecule has 1 heterocycles. The minimum Gasteiger partial charge on any atom is -0.490 e. The van der Waals surface area contributed by atoms with E-state index in [0.717, 1.165) is 12.5 Å². The molecule has 1 aliphatic heterocycles. The molecule has 0 atom stereocenters. The molecule has 6 heteroatoms. The lowest BCUT2D eigenvalue weighted by atomic mass is 10.1. The average Bonchev–Trinajstić information content (AvgIpc) is 2.46. The molecule has 0 fully saturated rings. The minimum atomic E-state index is -1.04. The van der Waals surface area contributed by atoms with Crippen LogP contribution in [-0.2, 0) is 9.59 Å². The summed E-state index contributed by atoms with van der Waals surface area (Å²) < 4.78 is 11.1. The lowest BCUT2D eigenvalue weighted by Crippen LogP contribution is -2.35. The van der Waals surface area contributed by atoms with Crippen LogP contribution in [0.25, 0.3) is 6.08 Å². The molecular formula is C15H17NO5. The third-order valence-corrected chi connectivity index (χ3v) is 3.01. The molecule has 0 saturated heterocycles. The number of aliphatic carboxylic acids is 1. The van der Waals surface area contributed by atoms with Crippen LogP contribution in [0, 0.1) is 0 Å². The van der Waals surface area contributed by atoms with E-state index in [4.69, 9.17) is 14.6 Å². The molecule has 6 nitrogen and oxygen atoms in total. The average molecular weight is 291 g/mol. The minimum absolute atomic E-state index is 0.0315. The Labute approximate surface area is 122 Å². The van der Waals surface area contributed by atoms with Gasteiger partial charge in [0.05, 0.1) is 12.3 Å². The number of ether oxygens (including phenoxy) is 2. The van der Waals surface area contributed by atoms with Gasteiger partial charge in [-0.15, -0.1) is 0 Å². The Morgan fingerprint density at radius 2 is 2.29 bits per heavy atom. The summed E-state index contributed by atoms with van der Waals surface area (Å²) in [6, 6.07) is 3.40. The van der Waals surface area contributed by atoms with E-state index in [0.29, 0.717) is 29.4 Å². The summed E-state index contributed by atoms with van der Waals surface area (Å²) in [6.07, 6.45) is 3.32. The van der Waals surface area contributed by atoms with Gasteiger partial charge in [0.15, 0.2) is 18.1 Å². The Balaban J connectivity index is 2.45. The summed E-state index contributed by atoms with van der Waals surface area (Å²) in [5, 5.41) is 8.71. The summed E-state index contributed by atoms with van der Waals surface area (Å²) in [6.45, 7) is 2.47. The van der Waals surface area contributed by atoms with E-state index >= 15 is 0 Å². The van der Waals surface area contributed by atoms with Gasteiger partial charge < -0.3 is 19.5 Å². The van der Waals surface area contributed by atoms with Gasteiger partial charge in [-0.3, -0.25) is 4.79 Å². The molecule has 0 radical (unpaired) electrons. The number of benzene rings is 1. The molecule has 1 aliphatic rings. The maximum atomic E-state index is 11.7. The van der Waals surface area contributed by atoms with E-state index in [1.807, 2.05) is 6.92 Å². The third-order valence-electron chi connectivity index (χ3n) is 3.01. The number of carboxylic acid groups (broad SMARTS) is 1. The number of amides is 1. The molecule has 1 aromatic carbocycles. The Morgan fingerprint density at radius 1 is 1.52 bits per heavy atom. The smallest absolute Gasteiger partial charge is 0.328 e. The van der Waals surface area contributed by atoms with E-state index in [-0.39, 0.29) is 12.5 Å². The zero-order valence-electron chi connectivity index (χ0n) is 12.0. The van der Waals surface area contributed by atoms with E-state index in [1.54, 1.807) is 19.2 Å².